The van der Waals surface area contributed by atoms with Crippen LogP contribution in [0.1, 0.15) is 6.42 Å². The maximum atomic E-state index is 14.7. The van der Waals surface area contributed by atoms with Gasteiger partial charge in [0.15, 0.2) is 11.6 Å². The quantitative estimate of drug-likeness (QED) is 0.343. The Hall–Kier alpha value is -4.16. The molecule has 1 saturated heterocycles. The molecule has 2 heterocycles. The normalized spacial score (nSPS) is 14.1. The van der Waals surface area contributed by atoms with Gasteiger partial charge in [-0.15, -0.1) is 0 Å². The number of halogens is 1. The summed E-state index contributed by atoms with van der Waals surface area (Å²) in [6.07, 6.45) is 0.941. The average Bonchev–Trinajstić information content (AvgIpc) is 2.93. The molecule has 0 aliphatic carbocycles. The van der Waals surface area contributed by atoms with E-state index in [1.807, 2.05) is 0 Å². The van der Waals surface area contributed by atoms with Crippen LogP contribution in [-0.2, 0) is 0 Å². The zero-order chi connectivity index (χ0) is 27.8. The molecular formula is C27H33FN6O5. The van der Waals surface area contributed by atoms with Crippen LogP contribution in [0, 0.1) is 5.82 Å². The number of carboxylic acid groups (broad SMARTS) is 1. The van der Waals surface area contributed by atoms with Crippen molar-refractivity contribution in [2.24, 2.45) is 0 Å². The summed E-state index contributed by atoms with van der Waals surface area (Å²) in [5.74, 6) is 0.598. The molecule has 0 saturated carbocycles. The van der Waals surface area contributed by atoms with E-state index in [0.29, 0.717) is 18.0 Å². The fraction of sp³-hybridized carbons (Fsp3) is 0.370. The molecule has 11 nitrogen and oxygen atoms in total. The van der Waals surface area contributed by atoms with Crippen molar-refractivity contribution in [3.63, 3.8) is 0 Å². The van der Waals surface area contributed by atoms with Crippen LogP contribution < -0.4 is 24.4 Å². The molecule has 39 heavy (non-hydrogen) atoms. The Morgan fingerprint density at radius 2 is 1.87 bits per heavy atom. The summed E-state index contributed by atoms with van der Waals surface area (Å²) in [6.45, 7) is 5.51. The van der Waals surface area contributed by atoms with Crippen LogP contribution in [0.3, 0.4) is 0 Å². The monoisotopic (exact) mass is 540 g/mol. The lowest BCUT2D eigenvalue weighted by molar-refractivity contribution is 0.145. The summed E-state index contributed by atoms with van der Waals surface area (Å²) in [5.41, 5.74) is 0.633. The number of benzene rings is 2. The SMILES string of the molecule is COc1ccc(N(C(=O)O)c2ccnc(Nc3ccc(OCCCN4CCN(C)CC4)c(F)c3)n2)c(OC)c1. The maximum absolute atomic E-state index is 14.7. The van der Waals surface area contributed by atoms with Crippen molar-refractivity contribution < 1.29 is 28.5 Å². The fourth-order valence-corrected chi connectivity index (χ4v) is 4.19. The van der Waals surface area contributed by atoms with Crippen LogP contribution in [0.15, 0.2) is 48.7 Å². The number of carbonyl (C=O) groups is 1. The highest BCUT2D eigenvalue weighted by Crippen LogP contribution is 2.36. The van der Waals surface area contributed by atoms with E-state index in [2.05, 4.69) is 32.1 Å². The minimum Gasteiger partial charge on any atom is -0.497 e. The molecule has 1 aromatic heterocycles. The Morgan fingerprint density at radius 3 is 2.56 bits per heavy atom. The molecule has 4 rings (SSSR count). The highest BCUT2D eigenvalue weighted by atomic mass is 19.1. The van der Waals surface area contributed by atoms with Crippen molar-refractivity contribution in [2.45, 2.75) is 6.42 Å². The zero-order valence-electron chi connectivity index (χ0n) is 22.3. The van der Waals surface area contributed by atoms with Gasteiger partial charge in [0.2, 0.25) is 5.95 Å². The number of nitrogens with one attached hydrogen (secondary N) is 1. The van der Waals surface area contributed by atoms with E-state index < -0.39 is 11.9 Å². The van der Waals surface area contributed by atoms with Crippen LogP contribution in [0.25, 0.3) is 0 Å². The number of hydrogen-bond donors (Lipinski definition) is 2. The third-order valence-electron chi connectivity index (χ3n) is 6.35. The molecule has 0 spiro atoms. The number of nitrogens with zero attached hydrogens (tertiary/aromatic N) is 5. The summed E-state index contributed by atoms with van der Waals surface area (Å²) >= 11 is 0. The minimum atomic E-state index is -1.27. The van der Waals surface area contributed by atoms with Gasteiger partial charge in [-0.1, -0.05) is 0 Å². The Kier molecular flexibility index (Phi) is 9.34. The summed E-state index contributed by atoms with van der Waals surface area (Å²) in [4.78, 5) is 26.3. The largest absolute Gasteiger partial charge is 0.497 e. The molecule has 0 unspecified atom stereocenters. The van der Waals surface area contributed by atoms with E-state index in [-0.39, 0.29) is 29.0 Å². The van der Waals surface area contributed by atoms with Crippen molar-refractivity contribution in [2.75, 3.05) is 70.8 Å². The Labute approximate surface area is 226 Å². The zero-order valence-corrected chi connectivity index (χ0v) is 22.3. The van der Waals surface area contributed by atoms with Crippen LogP contribution in [0.5, 0.6) is 17.2 Å². The Balaban J connectivity index is 1.40. The second kappa shape index (κ2) is 13.1. The highest BCUT2D eigenvalue weighted by Gasteiger charge is 2.23. The molecule has 1 fully saturated rings. The molecule has 0 radical (unpaired) electrons. The number of hydrogen-bond acceptors (Lipinski definition) is 9. The number of amides is 1. The average molecular weight is 541 g/mol. The number of anilines is 4. The van der Waals surface area contributed by atoms with Gasteiger partial charge >= 0.3 is 6.09 Å². The lowest BCUT2D eigenvalue weighted by atomic mass is 10.2. The van der Waals surface area contributed by atoms with E-state index in [4.69, 9.17) is 14.2 Å². The molecule has 3 aromatic rings. The van der Waals surface area contributed by atoms with E-state index >= 15 is 0 Å². The highest BCUT2D eigenvalue weighted by molar-refractivity contribution is 5.95. The molecule has 208 valence electrons. The first-order chi connectivity index (χ1) is 18.9. The van der Waals surface area contributed by atoms with Crippen LogP contribution in [0.4, 0.5) is 32.3 Å². The first kappa shape index (κ1) is 27.9. The van der Waals surface area contributed by atoms with Crippen molar-refractivity contribution >= 4 is 29.2 Å². The van der Waals surface area contributed by atoms with Gasteiger partial charge in [-0.2, -0.15) is 4.98 Å². The predicted octanol–water partition coefficient (Wildman–Crippen LogP) is 4.21. The van der Waals surface area contributed by atoms with Crippen LogP contribution in [0.2, 0.25) is 0 Å². The summed E-state index contributed by atoms with van der Waals surface area (Å²) in [7, 11) is 5.05. The summed E-state index contributed by atoms with van der Waals surface area (Å²) < 4.78 is 30.9. The van der Waals surface area contributed by atoms with Crippen molar-refractivity contribution in [3.05, 3.63) is 54.5 Å². The van der Waals surface area contributed by atoms with Gasteiger partial charge in [-0.05, 0) is 37.7 Å². The van der Waals surface area contributed by atoms with Crippen molar-refractivity contribution in [1.29, 1.82) is 0 Å². The van der Waals surface area contributed by atoms with Gasteiger partial charge in [0.05, 0.1) is 26.5 Å². The molecule has 12 heteroatoms. The first-order valence-electron chi connectivity index (χ1n) is 12.6. The molecule has 1 aliphatic rings. The van der Waals surface area contributed by atoms with Gasteiger partial charge < -0.3 is 34.4 Å². The van der Waals surface area contributed by atoms with E-state index in [1.54, 1.807) is 30.3 Å². The molecular weight excluding hydrogens is 507 g/mol. The van der Waals surface area contributed by atoms with Gasteiger partial charge in [0.25, 0.3) is 0 Å². The Bertz CT molecular complexity index is 1270. The minimum absolute atomic E-state index is 0.0734. The topological polar surface area (TPSA) is 113 Å². The Morgan fingerprint density at radius 1 is 1.08 bits per heavy atom. The number of aromatic nitrogens is 2. The predicted molar refractivity (Wildman–Crippen MR) is 145 cm³/mol. The lowest BCUT2D eigenvalue weighted by Gasteiger charge is -2.32. The van der Waals surface area contributed by atoms with Gasteiger partial charge in [-0.25, -0.2) is 19.1 Å². The number of rotatable bonds is 11. The number of piperazine rings is 1. The first-order valence-corrected chi connectivity index (χ1v) is 12.6. The van der Waals surface area contributed by atoms with Crippen molar-refractivity contribution in [1.82, 2.24) is 19.8 Å². The number of methoxy groups -OCH3 is 2. The molecule has 2 N–H and O–H groups in total. The fourth-order valence-electron chi connectivity index (χ4n) is 4.19. The lowest BCUT2D eigenvalue weighted by Crippen LogP contribution is -2.44. The maximum Gasteiger partial charge on any atom is 0.417 e. The molecule has 0 atom stereocenters. The summed E-state index contributed by atoms with van der Waals surface area (Å²) in [6, 6.07) is 10.7. The third-order valence-corrected chi connectivity index (χ3v) is 6.35. The van der Waals surface area contributed by atoms with Crippen molar-refractivity contribution in [3.8, 4) is 17.2 Å². The molecule has 1 amide bonds. The van der Waals surface area contributed by atoms with Crippen LogP contribution in [-0.4, -0.2) is 91.6 Å². The van der Waals surface area contributed by atoms with Gasteiger partial charge in [0, 0.05) is 62.8 Å². The van der Waals surface area contributed by atoms with Crippen LogP contribution >= 0.6 is 0 Å². The number of likely N-dealkylation sites (N-methyl/N-ethyl adjacent to an activating group) is 1. The molecule has 2 aromatic carbocycles. The third kappa shape index (κ3) is 7.24. The smallest absolute Gasteiger partial charge is 0.417 e. The summed E-state index contributed by atoms with van der Waals surface area (Å²) in [5, 5.41) is 12.9. The van der Waals surface area contributed by atoms with E-state index in [1.165, 1.54) is 32.5 Å². The standard InChI is InChI=1S/C27H33FN6O5/c1-32-12-14-33(15-13-32)11-4-16-39-23-8-5-19(17-21(23)28)30-26-29-10-9-25(31-26)34(27(35)36)22-7-6-20(37-2)18-24(22)38-3/h5-10,17-18H,4,11-16H2,1-3H3,(H,35,36)(H,29,30,31). The van der Waals surface area contributed by atoms with Gasteiger partial charge in [-0.3, -0.25) is 0 Å². The number of ether oxygens (including phenoxy) is 3. The second-order valence-electron chi connectivity index (χ2n) is 9.01. The van der Waals surface area contributed by atoms with E-state index in [9.17, 15) is 14.3 Å². The van der Waals surface area contributed by atoms with Gasteiger partial charge in [0.1, 0.15) is 17.3 Å². The second-order valence-corrected chi connectivity index (χ2v) is 9.01. The van der Waals surface area contributed by atoms with E-state index in [0.717, 1.165) is 44.0 Å². The molecule has 1 aliphatic heterocycles. The molecule has 0 bridgehead atoms.